The zero-order chi connectivity index (χ0) is 14.8. The fraction of sp³-hybridized carbons (Fsp3) is 0.385. The van der Waals surface area contributed by atoms with Crippen LogP contribution >= 0.6 is 0 Å². The first-order valence-electron chi connectivity index (χ1n) is 6.07. The Bertz CT molecular complexity index is 529. The molecule has 0 saturated carbocycles. The highest BCUT2D eigenvalue weighted by molar-refractivity contribution is 5.96. The Balaban J connectivity index is 2.09. The summed E-state index contributed by atoms with van der Waals surface area (Å²) >= 11 is 0. The van der Waals surface area contributed by atoms with Crippen molar-refractivity contribution in [2.75, 3.05) is 11.9 Å². The molecule has 1 heterocycles. The molecule has 2 rings (SSSR count). The Kier molecular flexibility index (Phi) is 3.96. The van der Waals surface area contributed by atoms with E-state index in [1.807, 2.05) is 0 Å². The summed E-state index contributed by atoms with van der Waals surface area (Å²) in [6.45, 7) is -0.100. The molecule has 0 aliphatic carbocycles. The van der Waals surface area contributed by atoms with Crippen LogP contribution in [0, 0.1) is 0 Å². The Labute approximate surface area is 113 Å². The molecular formula is C13H13F3N2O2. The monoisotopic (exact) mass is 286 g/mol. The van der Waals surface area contributed by atoms with Crippen LogP contribution < -0.4 is 5.32 Å². The van der Waals surface area contributed by atoms with Crippen LogP contribution in [0.4, 0.5) is 18.9 Å². The van der Waals surface area contributed by atoms with Gasteiger partial charge in [-0.1, -0.05) is 18.2 Å². The molecule has 2 amide bonds. The van der Waals surface area contributed by atoms with Gasteiger partial charge in [0.25, 0.3) is 0 Å². The summed E-state index contributed by atoms with van der Waals surface area (Å²) < 4.78 is 36.4. The molecule has 4 nitrogen and oxygen atoms in total. The third kappa shape index (κ3) is 3.72. The van der Waals surface area contributed by atoms with Crippen LogP contribution in [0.5, 0.6) is 0 Å². The Morgan fingerprint density at radius 1 is 1.25 bits per heavy atom. The van der Waals surface area contributed by atoms with Crippen molar-refractivity contribution in [2.24, 2.45) is 0 Å². The molecule has 1 aliphatic heterocycles. The molecule has 0 aromatic heterocycles. The fourth-order valence-electron chi connectivity index (χ4n) is 1.99. The van der Waals surface area contributed by atoms with E-state index in [9.17, 15) is 22.8 Å². The molecule has 0 saturated heterocycles. The molecular weight excluding hydrogens is 273 g/mol. The van der Waals surface area contributed by atoms with E-state index in [0.29, 0.717) is 11.3 Å². The Morgan fingerprint density at radius 2 is 1.95 bits per heavy atom. The lowest BCUT2D eigenvalue weighted by Gasteiger charge is -2.20. The number of benzene rings is 1. The molecule has 0 atom stereocenters. The number of anilines is 1. The second-order valence-electron chi connectivity index (χ2n) is 4.57. The maximum atomic E-state index is 12.1. The van der Waals surface area contributed by atoms with Gasteiger partial charge in [0.1, 0.15) is 6.54 Å². The van der Waals surface area contributed by atoms with Crippen LogP contribution in [0.1, 0.15) is 18.4 Å². The van der Waals surface area contributed by atoms with Gasteiger partial charge in [0.2, 0.25) is 11.8 Å². The SMILES string of the molecule is O=C1CN(C(=O)CCC(F)(F)F)Cc2ccccc2N1. The largest absolute Gasteiger partial charge is 0.389 e. The lowest BCUT2D eigenvalue weighted by atomic mass is 10.1. The van der Waals surface area contributed by atoms with Gasteiger partial charge in [-0.25, -0.2) is 0 Å². The molecule has 20 heavy (non-hydrogen) atoms. The number of carbonyl (C=O) groups is 2. The second kappa shape index (κ2) is 5.52. The number of fused-ring (bicyclic) bond motifs is 1. The van der Waals surface area contributed by atoms with Crippen molar-refractivity contribution in [3.8, 4) is 0 Å². The van der Waals surface area contributed by atoms with Crippen LogP contribution in [0.3, 0.4) is 0 Å². The first-order chi connectivity index (χ1) is 9.35. The molecule has 1 aliphatic rings. The maximum Gasteiger partial charge on any atom is 0.389 e. The summed E-state index contributed by atoms with van der Waals surface area (Å²) in [4.78, 5) is 24.6. The van der Waals surface area contributed by atoms with Gasteiger partial charge < -0.3 is 10.2 Å². The van der Waals surface area contributed by atoms with Crippen molar-refractivity contribution in [1.29, 1.82) is 0 Å². The number of halogens is 3. The molecule has 108 valence electrons. The topological polar surface area (TPSA) is 49.4 Å². The minimum Gasteiger partial charge on any atom is -0.329 e. The molecule has 1 aromatic carbocycles. The summed E-state index contributed by atoms with van der Waals surface area (Å²) in [6.07, 6.45) is -6.19. The third-order valence-electron chi connectivity index (χ3n) is 2.96. The molecule has 0 fully saturated rings. The van der Waals surface area contributed by atoms with Crippen molar-refractivity contribution in [3.05, 3.63) is 29.8 Å². The normalized spacial score (nSPS) is 15.3. The van der Waals surface area contributed by atoms with Crippen molar-refractivity contribution in [2.45, 2.75) is 25.6 Å². The molecule has 0 spiro atoms. The summed E-state index contributed by atoms with van der Waals surface area (Å²) in [5.41, 5.74) is 1.29. The van der Waals surface area contributed by atoms with E-state index in [4.69, 9.17) is 0 Å². The van der Waals surface area contributed by atoms with E-state index < -0.39 is 30.8 Å². The summed E-state index contributed by atoms with van der Waals surface area (Å²) in [7, 11) is 0. The molecule has 7 heteroatoms. The number of rotatable bonds is 2. The number of alkyl halides is 3. The highest BCUT2D eigenvalue weighted by atomic mass is 19.4. The van der Waals surface area contributed by atoms with Crippen LogP contribution in [0.25, 0.3) is 0 Å². The Morgan fingerprint density at radius 3 is 2.65 bits per heavy atom. The van der Waals surface area contributed by atoms with E-state index in [1.54, 1.807) is 24.3 Å². The van der Waals surface area contributed by atoms with E-state index in [0.717, 1.165) is 4.90 Å². The number of hydrogen-bond acceptors (Lipinski definition) is 2. The zero-order valence-electron chi connectivity index (χ0n) is 10.5. The predicted molar refractivity (Wildman–Crippen MR) is 65.8 cm³/mol. The molecule has 0 radical (unpaired) electrons. The van der Waals surface area contributed by atoms with E-state index in [-0.39, 0.29) is 13.1 Å². The average Bonchev–Trinajstić information content (AvgIpc) is 2.52. The van der Waals surface area contributed by atoms with Crippen molar-refractivity contribution < 1.29 is 22.8 Å². The van der Waals surface area contributed by atoms with Crippen LogP contribution in [-0.4, -0.2) is 29.4 Å². The summed E-state index contributed by atoms with van der Waals surface area (Å²) in [5.74, 6) is -1.08. The lowest BCUT2D eigenvalue weighted by molar-refractivity contribution is -0.150. The second-order valence-corrected chi connectivity index (χ2v) is 4.57. The van der Waals surface area contributed by atoms with Gasteiger partial charge in [-0.2, -0.15) is 13.2 Å². The third-order valence-corrected chi connectivity index (χ3v) is 2.96. The first kappa shape index (κ1) is 14.4. The number of amides is 2. The van der Waals surface area contributed by atoms with Crippen molar-refractivity contribution in [1.82, 2.24) is 4.90 Å². The van der Waals surface area contributed by atoms with E-state index >= 15 is 0 Å². The quantitative estimate of drug-likeness (QED) is 0.907. The molecule has 0 unspecified atom stereocenters. The van der Waals surface area contributed by atoms with Gasteiger partial charge in [0.15, 0.2) is 0 Å². The minimum absolute atomic E-state index is 0.131. The van der Waals surface area contributed by atoms with E-state index in [2.05, 4.69) is 5.32 Å². The summed E-state index contributed by atoms with van der Waals surface area (Å²) in [6, 6.07) is 6.90. The highest BCUT2D eigenvalue weighted by Gasteiger charge is 2.30. The average molecular weight is 286 g/mol. The van der Waals surface area contributed by atoms with Gasteiger partial charge in [-0.3, -0.25) is 9.59 Å². The number of para-hydroxylation sites is 1. The van der Waals surface area contributed by atoms with Gasteiger partial charge in [0, 0.05) is 18.7 Å². The van der Waals surface area contributed by atoms with Crippen molar-refractivity contribution >= 4 is 17.5 Å². The lowest BCUT2D eigenvalue weighted by Crippen LogP contribution is -2.35. The fourth-order valence-corrected chi connectivity index (χ4v) is 1.99. The van der Waals surface area contributed by atoms with Gasteiger partial charge >= 0.3 is 6.18 Å². The number of hydrogen-bond donors (Lipinski definition) is 1. The van der Waals surface area contributed by atoms with Crippen LogP contribution in [0.2, 0.25) is 0 Å². The molecule has 1 N–H and O–H groups in total. The van der Waals surface area contributed by atoms with Gasteiger partial charge in [-0.05, 0) is 11.6 Å². The van der Waals surface area contributed by atoms with Gasteiger partial charge in [0.05, 0.1) is 6.42 Å². The number of carbonyl (C=O) groups excluding carboxylic acids is 2. The van der Waals surface area contributed by atoms with Crippen molar-refractivity contribution in [3.63, 3.8) is 0 Å². The first-order valence-corrected chi connectivity index (χ1v) is 6.07. The Hall–Kier alpha value is -2.05. The van der Waals surface area contributed by atoms with Crippen LogP contribution in [-0.2, 0) is 16.1 Å². The van der Waals surface area contributed by atoms with Gasteiger partial charge in [-0.15, -0.1) is 0 Å². The summed E-state index contributed by atoms with van der Waals surface area (Å²) in [5, 5.41) is 2.62. The standard InChI is InChI=1S/C13H13F3N2O2/c14-13(15,16)6-5-12(20)18-7-9-3-1-2-4-10(9)17-11(19)8-18/h1-4H,5-8H2,(H,17,19). The van der Waals surface area contributed by atoms with Crippen LogP contribution in [0.15, 0.2) is 24.3 Å². The van der Waals surface area contributed by atoms with E-state index in [1.165, 1.54) is 0 Å². The molecule has 1 aromatic rings. The number of nitrogens with one attached hydrogen (secondary N) is 1. The smallest absolute Gasteiger partial charge is 0.329 e. The predicted octanol–water partition coefficient (Wildman–Crippen LogP) is 2.31. The maximum absolute atomic E-state index is 12.1. The minimum atomic E-state index is -4.37. The number of nitrogens with zero attached hydrogens (tertiary/aromatic N) is 1. The zero-order valence-corrected chi connectivity index (χ0v) is 10.5. The highest BCUT2D eigenvalue weighted by Crippen LogP contribution is 2.24. The molecule has 0 bridgehead atoms.